The Morgan fingerprint density at radius 1 is 1.39 bits per heavy atom. The van der Waals surface area contributed by atoms with Crippen LogP contribution in [0.25, 0.3) is 0 Å². The maximum atomic E-state index is 5.94. The fourth-order valence-electron chi connectivity index (χ4n) is 2.99. The second kappa shape index (κ2) is 4.99. The minimum Gasteiger partial charge on any atom is -0.375 e. The Bertz CT molecular complexity index is 407. The molecule has 3 rings (SSSR count). The van der Waals surface area contributed by atoms with Crippen LogP contribution in [0.2, 0.25) is 0 Å². The quantitative estimate of drug-likeness (QED) is 0.775. The third kappa shape index (κ3) is 2.58. The predicted molar refractivity (Wildman–Crippen MR) is 67.2 cm³/mol. The van der Waals surface area contributed by atoms with Crippen molar-refractivity contribution in [2.24, 2.45) is 5.92 Å². The SMILES string of the molecule is Cc1cc(CN2C[C@H]3CN(C)CCO[C@H]3C2)no1. The van der Waals surface area contributed by atoms with Gasteiger partial charge in [0.2, 0.25) is 0 Å². The van der Waals surface area contributed by atoms with E-state index in [4.69, 9.17) is 9.26 Å². The number of hydrogen-bond donors (Lipinski definition) is 0. The van der Waals surface area contributed by atoms with Crippen LogP contribution in [0.5, 0.6) is 0 Å². The van der Waals surface area contributed by atoms with Crippen molar-refractivity contribution in [2.45, 2.75) is 19.6 Å². The van der Waals surface area contributed by atoms with Gasteiger partial charge in [-0.1, -0.05) is 5.16 Å². The second-order valence-corrected chi connectivity index (χ2v) is 5.55. The number of aromatic nitrogens is 1. The number of likely N-dealkylation sites (N-methyl/N-ethyl adjacent to an activating group) is 1. The zero-order valence-corrected chi connectivity index (χ0v) is 11.1. The van der Waals surface area contributed by atoms with Crippen molar-refractivity contribution in [3.63, 3.8) is 0 Å². The van der Waals surface area contributed by atoms with Crippen LogP contribution in [-0.2, 0) is 11.3 Å². The minimum atomic E-state index is 0.392. The molecule has 0 bridgehead atoms. The first kappa shape index (κ1) is 12.1. The van der Waals surface area contributed by atoms with Crippen LogP contribution in [0.4, 0.5) is 0 Å². The van der Waals surface area contributed by atoms with Crippen molar-refractivity contribution in [1.29, 1.82) is 0 Å². The highest BCUT2D eigenvalue weighted by atomic mass is 16.5. The van der Waals surface area contributed by atoms with Gasteiger partial charge in [0, 0.05) is 44.7 Å². The molecule has 0 spiro atoms. The van der Waals surface area contributed by atoms with Gasteiger partial charge < -0.3 is 14.2 Å². The number of aryl methyl sites for hydroxylation is 1. The van der Waals surface area contributed by atoms with Crippen LogP contribution in [0, 0.1) is 12.8 Å². The summed E-state index contributed by atoms with van der Waals surface area (Å²) < 4.78 is 11.1. The molecule has 2 fully saturated rings. The Balaban J connectivity index is 1.60. The predicted octanol–water partition coefficient (Wildman–Crippen LogP) is 0.745. The van der Waals surface area contributed by atoms with Crippen molar-refractivity contribution in [2.75, 3.05) is 39.8 Å². The Labute approximate surface area is 108 Å². The molecule has 5 heteroatoms. The van der Waals surface area contributed by atoms with Gasteiger partial charge in [0.25, 0.3) is 0 Å². The van der Waals surface area contributed by atoms with E-state index in [1.165, 1.54) is 0 Å². The Kier molecular flexibility index (Phi) is 3.37. The smallest absolute Gasteiger partial charge is 0.133 e. The molecule has 0 unspecified atom stereocenters. The fraction of sp³-hybridized carbons (Fsp3) is 0.769. The van der Waals surface area contributed by atoms with Gasteiger partial charge in [-0.15, -0.1) is 0 Å². The molecule has 5 nitrogen and oxygen atoms in total. The van der Waals surface area contributed by atoms with Gasteiger partial charge in [0.15, 0.2) is 0 Å². The zero-order chi connectivity index (χ0) is 12.5. The highest BCUT2D eigenvalue weighted by Gasteiger charge is 2.35. The van der Waals surface area contributed by atoms with Gasteiger partial charge >= 0.3 is 0 Å². The van der Waals surface area contributed by atoms with Gasteiger partial charge in [-0.2, -0.15) is 0 Å². The molecule has 0 saturated carbocycles. The molecule has 0 aliphatic carbocycles. The first-order chi connectivity index (χ1) is 8.70. The molecule has 0 N–H and O–H groups in total. The molecule has 0 amide bonds. The molecule has 18 heavy (non-hydrogen) atoms. The first-order valence-corrected chi connectivity index (χ1v) is 6.65. The number of ether oxygens (including phenoxy) is 1. The molecular weight excluding hydrogens is 230 g/mol. The van der Waals surface area contributed by atoms with Crippen molar-refractivity contribution in [3.05, 3.63) is 17.5 Å². The minimum absolute atomic E-state index is 0.392. The van der Waals surface area contributed by atoms with E-state index in [2.05, 4.69) is 22.0 Å². The van der Waals surface area contributed by atoms with Crippen molar-refractivity contribution < 1.29 is 9.26 Å². The summed E-state index contributed by atoms with van der Waals surface area (Å²) in [5.41, 5.74) is 1.03. The molecule has 2 aliphatic heterocycles. The van der Waals surface area contributed by atoms with Gasteiger partial charge in [-0.3, -0.25) is 4.90 Å². The maximum Gasteiger partial charge on any atom is 0.133 e. The van der Waals surface area contributed by atoms with E-state index >= 15 is 0 Å². The van der Waals surface area contributed by atoms with Crippen LogP contribution in [-0.4, -0.2) is 60.9 Å². The summed E-state index contributed by atoms with van der Waals surface area (Å²) in [7, 11) is 2.18. The molecular formula is C13H21N3O2. The highest BCUT2D eigenvalue weighted by Crippen LogP contribution is 2.24. The van der Waals surface area contributed by atoms with Crippen molar-refractivity contribution in [1.82, 2.24) is 15.0 Å². The largest absolute Gasteiger partial charge is 0.375 e. The maximum absolute atomic E-state index is 5.94. The summed E-state index contributed by atoms with van der Waals surface area (Å²) in [6.07, 6.45) is 0.392. The number of hydrogen-bond acceptors (Lipinski definition) is 5. The fourth-order valence-corrected chi connectivity index (χ4v) is 2.99. The van der Waals surface area contributed by atoms with Crippen LogP contribution >= 0.6 is 0 Å². The normalized spacial score (nSPS) is 30.3. The summed E-state index contributed by atoms with van der Waals surface area (Å²) in [4.78, 5) is 4.79. The molecule has 100 valence electrons. The molecule has 2 saturated heterocycles. The highest BCUT2D eigenvalue weighted by molar-refractivity contribution is 5.04. The van der Waals surface area contributed by atoms with Crippen molar-refractivity contribution >= 4 is 0 Å². The summed E-state index contributed by atoms with van der Waals surface area (Å²) in [6.45, 7) is 7.97. The van der Waals surface area contributed by atoms with Gasteiger partial charge in [-0.05, 0) is 14.0 Å². The summed E-state index contributed by atoms with van der Waals surface area (Å²) in [5.74, 6) is 1.51. The topological polar surface area (TPSA) is 41.7 Å². The van der Waals surface area contributed by atoms with Crippen LogP contribution in [0.15, 0.2) is 10.6 Å². The van der Waals surface area contributed by atoms with Crippen LogP contribution < -0.4 is 0 Å². The van der Waals surface area contributed by atoms with E-state index in [1.54, 1.807) is 0 Å². The van der Waals surface area contributed by atoms with E-state index in [-0.39, 0.29) is 0 Å². The molecule has 2 atom stereocenters. The number of rotatable bonds is 2. The lowest BCUT2D eigenvalue weighted by molar-refractivity contribution is 0.0513. The molecule has 0 aromatic carbocycles. The van der Waals surface area contributed by atoms with Crippen LogP contribution in [0.3, 0.4) is 0 Å². The van der Waals surface area contributed by atoms with E-state index < -0.39 is 0 Å². The second-order valence-electron chi connectivity index (χ2n) is 5.55. The molecule has 0 radical (unpaired) electrons. The van der Waals surface area contributed by atoms with E-state index in [0.717, 1.165) is 50.8 Å². The first-order valence-electron chi connectivity index (χ1n) is 6.65. The van der Waals surface area contributed by atoms with Gasteiger partial charge in [0.1, 0.15) is 5.76 Å². The summed E-state index contributed by atoms with van der Waals surface area (Å²) in [6, 6.07) is 2.02. The molecule has 2 aliphatic rings. The number of fused-ring (bicyclic) bond motifs is 1. The standard InChI is InChI=1S/C13H21N3O2/c1-10-5-12(14-18-10)8-16-7-11-6-15(2)3-4-17-13(11)9-16/h5,11,13H,3-4,6-9H2,1-2H3/t11-,13+/m1/s1. The van der Waals surface area contributed by atoms with Gasteiger partial charge in [-0.25, -0.2) is 0 Å². The summed E-state index contributed by atoms with van der Waals surface area (Å²) >= 11 is 0. The molecule has 1 aromatic heterocycles. The van der Waals surface area contributed by atoms with E-state index in [9.17, 15) is 0 Å². The molecule has 3 heterocycles. The van der Waals surface area contributed by atoms with Gasteiger partial charge in [0.05, 0.1) is 18.4 Å². The lowest BCUT2D eigenvalue weighted by atomic mass is 10.1. The number of nitrogens with zero attached hydrogens (tertiary/aromatic N) is 3. The Morgan fingerprint density at radius 3 is 3.06 bits per heavy atom. The lowest BCUT2D eigenvalue weighted by Gasteiger charge is -2.18. The third-order valence-electron chi connectivity index (χ3n) is 3.87. The Morgan fingerprint density at radius 2 is 2.28 bits per heavy atom. The summed E-state index contributed by atoms with van der Waals surface area (Å²) in [5, 5.41) is 4.06. The molecule has 1 aromatic rings. The van der Waals surface area contributed by atoms with Crippen LogP contribution in [0.1, 0.15) is 11.5 Å². The Hall–Kier alpha value is -0.910. The lowest BCUT2D eigenvalue weighted by Crippen LogP contribution is -2.29. The number of likely N-dealkylation sites (tertiary alicyclic amines) is 1. The zero-order valence-electron chi connectivity index (χ0n) is 11.1. The monoisotopic (exact) mass is 251 g/mol. The third-order valence-corrected chi connectivity index (χ3v) is 3.87. The van der Waals surface area contributed by atoms with Crippen molar-refractivity contribution in [3.8, 4) is 0 Å². The van der Waals surface area contributed by atoms with E-state index in [1.807, 2.05) is 13.0 Å². The van der Waals surface area contributed by atoms with E-state index in [0.29, 0.717) is 12.0 Å². The average molecular weight is 251 g/mol. The average Bonchev–Trinajstić information content (AvgIpc) is 2.83.